The van der Waals surface area contributed by atoms with E-state index in [1.165, 1.54) is 6.92 Å². The first kappa shape index (κ1) is 11.4. The van der Waals surface area contributed by atoms with Crippen LogP contribution >= 0.6 is 0 Å². The second-order valence-electron chi connectivity index (χ2n) is 3.71. The zero-order chi connectivity index (χ0) is 10.7. The Kier molecular flexibility index (Phi) is 3.86. The Morgan fingerprint density at radius 2 is 1.93 bits per heavy atom. The van der Waals surface area contributed by atoms with Gasteiger partial charge in [-0.25, -0.2) is 0 Å². The van der Waals surface area contributed by atoms with E-state index in [1.807, 2.05) is 6.92 Å². The summed E-state index contributed by atoms with van der Waals surface area (Å²) in [5, 5.41) is 24.9. The van der Waals surface area contributed by atoms with Gasteiger partial charge in [0.15, 0.2) is 0 Å². The summed E-state index contributed by atoms with van der Waals surface area (Å²) in [6.07, 6.45) is -0.778. The number of amides is 1. The van der Waals surface area contributed by atoms with Crippen LogP contribution in [0.25, 0.3) is 0 Å². The molecular formula is C9H18N2O3. The van der Waals surface area contributed by atoms with Gasteiger partial charge in [0.1, 0.15) is 0 Å². The van der Waals surface area contributed by atoms with Crippen LogP contribution in [0, 0.1) is 0 Å². The number of carbonyl (C=O) groups excluding carboxylic acids is 1. The van der Waals surface area contributed by atoms with Gasteiger partial charge in [-0.05, 0) is 6.42 Å². The highest BCUT2D eigenvalue weighted by molar-refractivity contribution is 5.72. The monoisotopic (exact) mass is 202 g/mol. The van der Waals surface area contributed by atoms with Crippen LogP contribution in [-0.2, 0) is 4.79 Å². The number of carbonyl (C=O) groups is 1. The Bertz CT molecular complexity index is 210. The highest BCUT2D eigenvalue weighted by Crippen LogP contribution is 2.16. The van der Waals surface area contributed by atoms with E-state index in [-0.39, 0.29) is 18.0 Å². The first-order valence-electron chi connectivity index (χ1n) is 4.93. The van der Waals surface area contributed by atoms with Crippen molar-refractivity contribution < 1.29 is 15.0 Å². The summed E-state index contributed by atoms with van der Waals surface area (Å²) < 4.78 is 0. The molecule has 4 atom stereocenters. The molecule has 0 aliphatic carbocycles. The fraction of sp³-hybridized carbons (Fsp3) is 0.889. The van der Waals surface area contributed by atoms with Gasteiger partial charge < -0.3 is 20.8 Å². The maximum atomic E-state index is 10.7. The normalized spacial score (nSPS) is 37.1. The van der Waals surface area contributed by atoms with Crippen molar-refractivity contribution in [3.8, 4) is 0 Å². The van der Waals surface area contributed by atoms with Crippen molar-refractivity contribution in [1.82, 2.24) is 10.6 Å². The van der Waals surface area contributed by atoms with Crippen molar-refractivity contribution in [3.05, 3.63) is 0 Å². The lowest BCUT2D eigenvalue weighted by Crippen LogP contribution is -2.43. The summed E-state index contributed by atoms with van der Waals surface area (Å²) >= 11 is 0. The fourth-order valence-corrected chi connectivity index (χ4v) is 1.74. The van der Waals surface area contributed by atoms with Crippen LogP contribution in [0.1, 0.15) is 20.3 Å². The SMILES string of the molecule is CCC1NC(CNC(C)=O)C(O)C1O. The van der Waals surface area contributed by atoms with E-state index in [9.17, 15) is 15.0 Å². The molecule has 5 heteroatoms. The molecule has 82 valence electrons. The van der Waals surface area contributed by atoms with Gasteiger partial charge in [0, 0.05) is 19.5 Å². The Balaban J connectivity index is 2.44. The van der Waals surface area contributed by atoms with Gasteiger partial charge in [0.05, 0.1) is 18.2 Å². The summed E-state index contributed by atoms with van der Waals surface area (Å²) in [7, 11) is 0. The second-order valence-corrected chi connectivity index (χ2v) is 3.71. The number of aliphatic hydroxyl groups excluding tert-OH is 2. The zero-order valence-corrected chi connectivity index (χ0v) is 8.53. The minimum atomic E-state index is -0.799. The van der Waals surface area contributed by atoms with E-state index in [2.05, 4.69) is 10.6 Å². The molecule has 4 N–H and O–H groups in total. The minimum absolute atomic E-state index is 0.0799. The van der Waals surface area contributed by atoms with Crippen LogP contribution in [-0.4, -0.2) is 47.0 Å². The molecule has 0 aromatic heterocycles. The zero-order valence-electron chi connectivity index (χ0n) is 8.53. The van der Waals surface area contributed by atoms with E-state index in [0.717, 1.165) is 6.42 Å². The summed E-state index contributed by atoms with van der Waals surface area (Å²) in [4.78, 5) is 10.7. The fourth-order valence-electron chi connectivity index (χ4n) is 1.74. The van der Waals surface area contributed by atoms with Gasteiger partial charge in [-0.15, -0.1) is 0 Å². The topological polar surface area (TPSA) is 81.6 Å². The van der Waals surface area contributed by atoms with Crippen LogP contribution in [0.15, 0.2) is 0 Å². The maximum Gasteiger partial charge on any atom is 0.216 e. The molecule has 4 unspecified atom stereocenters. The molecule has 1 fully saturated rings. The third-order valence-electron chi connectivity index (χ3n) is 2.61. The van der Waals surface area contributed by atoms with Gasteiger partial charge in [-0.3, -0.25) is 4.79 Å². The molecule has 0 bridgehead atoms. The van der Waals surface area contributed by atoms with Crippen LogP contribution in [0.4, 0.5) is 0 Å². The molecule has 0 aromatic carbocycles. The molecule has 1 rings (SSSR count). The summed E-state index contributed by atoms with van der Waals surface area (Å²) in [5.41, 5.74) is 0. The lowest BCUT2D eigenvalue weighted by molar-refractivity contribution is -0.119. The van der Waals surface area contributed by atoms with Crippen molar-refractivity contribution in [2.24, 2.45) is 0 Å². The lowest BCUT2D eigenvalue weighted by Gasteiger charge is -2.15. The Morgan fingerprint density at radius 1 is 1.36 bits per heavy atom. The van der Waals surface area contributed by atoms with Gasteiger partial charge in [0.25, 0.3) is 0 Å². The molecule has 0 aromatic rings. The van der Waals surface area contributed by atoms with Crippen LogP contribution in [0.2, 0.25) is 0 Å². The molecule has 1 aliphatic rings. The van der Waals surface area contributed by atoms with Gasteiger partial charge in [0.2, 0.25) is 5.91 Å². The first-order chi connectivity index (χ1) is 6.56. The molecule has 0 saturated carbocycles. The molecule has 1 heterocycles. The predicted molar refractivity (Wildman–Crippen MR) is 51.7 cm³/mol. The average Bonchev–Trinajstić information content (AvgIpc) is 2.41. The van der Waals surface area contributed by atoms with Crippen molar-refractivity contribution in [2.75, 3.05) is 6.54 Å². The molecule has 1 amide bonds. The smallest absolute Gasteiger partial charge is 0.216 e. The molecule has 14 heavy (non-hydrogen) atoms. The van der Waals surface area contributed by atoms with Crippen molar-refractivity contribution in [1.29, 1.82) is 0 Å². The van der Waals surface area contributed by atoms with E-state index in [1.54, 1.807) is 0 Å². The van der Waals surface area contributed by atoms with E-state index in [4.69, 9.17) is 0 Å². The number of aliphatic hydroxyl groups is 2. The van der Waals surface area contributed by atoms with Crippen LogP contribution in [0.5, 0.6) is 0 Å². The highest BCUT2D eigenvalue weighted by Gasteiger charge is 2.39. The average molecular weight is 202 g/mol. The predicted octanol–water partition coefficient (Wildman–Crippen LogP) is -1.41. The Labute approximate surface area is 83.5 Å². The lowest BCUT2D eigenvalue weighted by atomic mass is 10.1. The van der Waals surface area contributed by atoms with Gasteiger partial charge in [-0.1, -0.05) is 6.92 Å². The second kappa shape index (κ2) is 4.72. The quantitative estimate of drug-likeness (QED) is 0.453. The number of nitrogens with one attached hydrogen (secondary N) is 2. The Hall–Kier alpha value is -0.650. The van der Waals surface area contributed by atoms with E-state index < -0.39 is 12.2 Å². The number of rotatable bonds is 3. The highest BCUT2D eigenvalue weighted by atomic mass is 16.3. The van der Waals surface area contributed by atoms with Crippen molar-refractivity contribution in [2.45, 2.75) is 44.6 Å². The third-order valence-corrected chi connectivity index (χ3v) is 2.61. The summed E-state index contributed by atoms with van der Waals surface area (Å²) in [5.74, 6) is -0.131. The van der Waals surface area contributed by atoms with Crippen LogP contribution < -0.4 is 10.6 Å². The molecule has 0 radical (unpaired) electrons. The number of hydrogen-bond donors (Lipinski definition) is 4. The minimum Gasteiger partial charge on any atom is -0.389 e. The standard InChI is InChI=1S/C9H18N2O3/c1-3-6-8(13)9(14)7(11-6)4-10-5(2)12/h6-9,11,13-14H,3-4H2,1-2H3,(H,10,12). The maximum absolute atomic E-state index is 10.7. The summed E-state index contributed by atoms with van der Waals surface area (Å²) in [6, 6.07) is -0.331. The summed E-state index contributed by atoms with van der Waals surface area (Å²) in [6.45, 7) is 3.72. The molecule has 1 aliphatic heterocycles. The first-order valence-corrected chi connectivity index (χ1v) is 4.93. The van der Waals surface area contributed by atoms with Gasteiger partial charge >= 0.3 is 0 Å². The molecule has 0 spiro atoms. The number of hydrogen-bond acceptors (Lipinski definition) is 4. The van der Waals surface area contributed by atoms with E-state index >= 15 is 0 Å². The molecular weight excluding hydrogens is 184 g/mol. The largest absolute Gasteiger partial charge is 0.389 e. The van der Waals surface area contributed by atoms with E-state index in [0.29, 0.717) is 6.54 Å². The molecule has 1 saturated heterocycles. The van der Waals surface area contributed by atoms with Crippen molar-refractivity contribution in [3.63, 3.8) is 0 Å². The van der Waals surface area contributed by atoms with Crippen LogP contribution in [0.3, 0.4) is 0 Å². The third kappa shape index (κ3) is 2.43. The Morgan fingerprint density at radius 3 is 2.36 bits per heavy atom. The van der Waals surface area contributed by atoms with Gasteiger partial charge in [-0.2, -0.15) is 0 Å². The molecule has 5 nitrogen and oxygen atoms in total. The van der Waals surface area contributed by atoms with Crippen molar-refractivity contribution >= 4 is 5.91 Å².